The first-order chi connectivity index (χ1) is 5.20. The zero-order valence-electron chi connectivity index (χ0n) is 5.91. The Labute approximate surface area is 67.1 Å². The first-order valence-corrected chi connectivity index (χ1v) is 4.45. The summed E-state index contributed by atoms with van der Waals surface area (Å²) < 4.78 is 14.5. The summed E-state index contributed by atoms with van der Waals surface area (Å²) in [6, 6.07) is -0.317. The lowest BCUT2D eigenvalue weighted by Gasteiger charge is -2.05. The van der Waals surface area contributed by atoms with E-state index in [4.69, 9.17) is 5.14 Å². The first-order valence-electron chi connectivity index (χ1n) is 3.32. The molecule has 0 aliphatic carbocycles. The molecule has 3 N–H and O–H groups in total. The van der Waals surface area contributed by atoms with Gasteiger partial charge < -0.3 is 9.50 Å². The molecule has 1 rings (SSSR count). The molecule has 1 heterocycles. The molecule has 0 aromatic carbocycles. The minimum atomic E-state index is -1.98. The van der Waals surface area contributed by atoms with Gasteiger partial charge in [0.25, 0.3) is 11.3 Å². The summed E-state index contributed by atoms with van der Waals surface area (Å²) in [6.07, 6.45) is 1.67. The Balaban J connectivity index is 2.34. The molecule has 1 aliphatic heterocycles. The summed E-state index contributed by atoms with van der Waals surface area (Å²) in [6.45, 7) is 0.803. The molecule has 6 heteroatoms. The molecule has 0 radical (unpaired) electrons. The van der Waals surface area contributed by atoms with Gasteiger partial charge in [0.05, 0.1) is 0 Å². The molecule has 0 aromatic heterocycles. The normalized spacial score (nSPS) is 26.5. The predicted octanol–water partition coefficient (Wildman–Crippen LogP) is -1.18. The van der Waals surface area contributed by atoms with Crippen molar-refractivity contribution in [3.05, 3.63) is 0 Å². The van der Waals surface area contributed by atoms with Crippen molar-refractivity contribution in [2.75, 3.05) is 6.54 Å². The number of nitrogens with two attached hydrogens (primary N) is 1. The molecule has 1 fully saturated rings. The van der Waals surface area contributed by atoms with E-state index in [2.05, 4.69) is 9.50 Å². The van der Waals surface area contributed by atoms with Crippen molar-refractivity contribution in [2.24, 2.45) is 5.14 Å². The van der Waals surface area contributed by atoms with Crippen molar-refractivity contribution in [3.63, 3.8) is 0 Å². The van der Waals surface area contributed by atoms with Crippen LogP contribution in [0.2, 0.25) is 0 Å². The van der Waals surface area contributed by atoms with Crippen molar-refractivity contribution in [2.45, 2.75) is 18.9 Å². The van der Waals surface area contributed by atoms with E-state index in [1.807, 2.05) is 0 Å². The van der Waals surface area contributed by atoms with Gasteiger partial charge in [-0.05, 0) is 19.4 Å². The number of carbonyl (C=O) groups excluding carboxylic acids is 1. The molecular weight excluding hydrogens is 168 g/mol. The number of carbonyl (C=O) groups is 1. The second-order valence-corrected chi connectivity index (χ2v) is 3.00. The van der Waals surface area contributed by atoms with E-state index >= 15 is 0 Å². The van der Waals surface area contributed by atoms with Gasteiger partial charge in [-0.15, -0.1) is 0 Å². The Morgan fingerprint density at radius 1 is 1.73 bits per heavy atom. The zero-order chi connectivity index (χ0) is 8.27. The lowest BCUT2D eigenvalue weighted by atomic mass is 10.2. The van der Waals surface area contributed by atoms with E-state index in [9.17, 15) is 9.00 Å². The highest BCUT2D eigenvalue weighted by atomic mass is 32.2. The summed E-state index contributed by atoms with van der Waals surface area (Å²) >= 11 is -1.98. The Morgan fingerprint density at radius 3 is 2.91 bits per heavy atom. The average Bonchev–Trinajstić information content (AvgIpc) is 2.35. The third-order valence-corrected chi connectivity index (χ3v) is 1.84. The van der Waals surface area contributed by atoms with Gasteiger partial charge in [-0.2, -0.15) is 4.21 Å². The molecule has 0 amide bonds. The molecule has 2 atom stereocenters. The average molecular weight is 178 g/mol. The Kier molecular flexibility index (Phi) is 2.98. The summed E-state index contributed by atoms with van der Waals surface area (Å²) in [5, 5.41) is 7.66. The smallest absolute Gasteiger partial charge is 0.338 e. The maximum atomic E-state index is 10.9. The first kappa shape index (κ1) is 8.63. The SMILES string of the molecule is NS(=O)OC(=O)C1CCCN1. The van der Waals surface area contributed by atoms with Crippen LogP contribution in [0.5, 0.6) is 0 Å². The summed E-state index contributed by atoms with van der Waals surface area (Å²) in [4.78, 5) is 10.9. The van der Waals surface area contributed by atoms with Crippen molar-refractivity contribution < 1.29 is 13.2 Å². The van der Waals surface area contributed by atoms with E-state index in [0.29, 0.717) is 0 Å². The molecule has 1 saturated heterocycles. The van der Waals surface area contributed by atoms with Crippen molar-refractivity contribution in [1.82, 2.24) is 5.32 Å². The maximum absolute atomic E-state index is 10.9. The molecule has 11 heavy (non-hydrogen) atoms. The molecule has 0 bridgehead atoms. The van der Waals surface area contributed by atoms with E-state index in [0.717, 1.165) is 19.4 Å². The van der Waals surface area contributed by atoms with Gasteiger partial charge >= 0.3 is 5.97 Å². The number of hydrogen-bond donors (Lipinski definition) is 2. The van der Waals surface area contributed by atoms with Crippen LogP contribution >= 0.6 is 0 Å². The van der Waals surface area contributed by atoms with Gasteiger partial charge in [-0.25, -0.2) is 9.93 Å². The molecule has 64 valence electrons. The molecule has 2 unspecified atom stereocenters. The van der Waals surface area contributed by atoms with Crippen LogP contribution < -0.4 is 10.5 Å². The quantitative estimate of drug-likeness (QED) is 0.557. The molecule has 0 saturated carbocycles. The van der Waals surface area contributed by atoms with Crippen LogP contribution in [-0.4, -0.2) is 22.8 Å². The van der Waals surface area contributed by atoms with Crippen molar-refractivity contribution in [1.29, 1.82) is 0 Å². The fourth-order valence-corrected chi connectivity index (χ4v) is 1.30. The highest BCUT2D eigenvalue weighted by molar-refractivity contribution is 7.78. The third kappa shape index (κ3) is 2.57. The molecule has 0 spiro atoms. The van der Waals surface area contributed by atoms with Gasteiger partial charge in [0.1, 0.15) is 6.04 Å². The van der Waals surface area contributed by atoms with Crippen LogP contribution in [0, 0.1) is 0 Å². The summed E-state index contributed by atoms with van der Waals surface area (Å²) in [7, 11) is 0. The minimum Gasteiger partial charge on any atom is -0.351 e. The molecular formula is C5H10N2O3S. The van der Waals surface area contributed by atoms with Crippen molar-refractivity contribution >= 4 is 17.2 Å². The molecule has 0 aromatic rings. The topological polar surface area (TPSA) is 81.4 Å². The third-order valence-electron chi connectivity index (χ3n) is 1.51. The van der Waals surface area contributed by atoms with Crippen LogP contribution in [-0.2, 0) is 20.2 Å². The van der Waals surface area contributed by atoms with Gasteiger partial charge in [0.15, 0.2) is 0 Å². The van der Waals surface area contributed by atoms with E-state index in [1.54, 1.807) is 0 Å². The number of nitrogens with one attached hydrogen (secondary N) is 1. The van der Waals surface area contributed by atoms with E-state index in [-0.39, 0.29) is 6.04 Å². The van der Waals surface area contributed by atoms with Gasteiger partial charge in [-0.3, -0.25) is 0 Å². The highest BCUT2D eigenvalue weighted by Gasteiger charge is 2.24. The largest absolute Gasteiger partial charge is 0.351 e. The standard InChI is InChI=1S/C5H10N2O3S/c6-11(9)10-5(8)4-2-1-3-7-4/h4,7H,1-3,6H2. The lowest BCUT2D eigenvalue weighted by molar-refractivity contribution is -0.135. The zero-order valence-corrected chi connectivity index (χ0v) is 6.73. The molecule has 1 aliphatic rings. The van der Waals surface area contributed by atoms with Crippen LogP contribution in [0.15, 0.2) is 0 Å². The molecule has 5 nitrogen and oxygen atoms in total. The predicted molar refractivity (Wildman–Crippen MR) is 39.4 cm³/mol. The van der Waals surface area contributed by atoms with Crippen LogP contribution in [0.3, 0.4) is 0 Å². The van der Waals surface area contributed by atoms with Gasteiger partial charge in [-0.1, -0.05) is 0 Å². The van der Waals surface area contributed by atoms with Gasteiger partial charge in [0.2, 0.25) is 0 Å². The fourth-order valence-electron chi connectivity index (χ4n) is 1.02. The van der Waals surface area contributed by atoms with Crippen LogP contribution in [0.4, 0.5) is 0 Å². The summed E-state index contributed by atoms with van der Waals surface area (Å²) in [5.41, 5.74) is 0. The van der Waals surface area contributed by atoms with Crippen LogP contribution in [0.25, 0.3) is 0 Å². The second-order valence-electron chi connectivity index (χ2n) is 2.31. The monoisotopic (exact) mass is 178 g/mol. The number of hydrogen-bond acceptors (Lipinski definition) is 4. The van der Waals surface area contributed by atoms with E-state index in [1.165, 1.54) is 0 Å². The Bertz CT molecular complexity index is 179. The lowest BCUT2D eigenvalue weighted by Crippen LogP contribution is -2.33. The maximum Gasteiger partial charge on any atom is 0.338 e. The van der Waals surface area contributed by atoms with Gasteiger partial charge in [0, 0.05) is 0 Å². The highest BCUT2D eigenvalue weighted by Crippen LogP contribution is 2.06. The summed E-state index contributed by atoms with van der Waals surface area (Å²) in [5.74, 6) is -0.525. The fraction of sp³-hybridized carbons (Fsp3) is 0.800. The number of rotatable bonds is 2. The minimum absolute atomic E-state index is 0.317. The van der Waals surface area contributed by atoms with Crippen LogP contribution in [0.1, 0.15) is 12.8 Å². The Morgan fingerprint density at radius 2 is 2.45 bits per heavy atom. The Hall–Kier alpha value is -0.460. The van der Waals surface area contributed by atoms with E-state index < -0.39 is 17.2 Å². The van der Waals surface area contributed by atoms with Crippen molar-refractivity contribution in [3.8, 4) is 0 Å². The second kappa shape index (κ2) is 3.80.